The number of hydrogen-bond acceptors (Lipinski definition) is 3. The number of carbonyl (C=O) groups excluding carboxylic acids is 2. The van der Waals surface area contributed by atoms with Crippen molar-refractivity contribution in [3.05, 3.63) is 65.2 Å². The van der Waals surface area contributed by atoms with Crippen LogP contribution in [-0.2, 0) is 11.0 Å². The topological polar surface area (TPSA) is 58.6 Å². The van der Waals surface area contributed by atoms with E-state index in [0.29, 0.717) is 29.3 Å². The van der Waals surface area contributed by atoms with Gasteiger partial charge in [0, 0.05) is 31.1 Å². The molecule has 178 valence electrons. The lowest BCUT2D eigenvalue weighted by Gasteiger charge is -2.19. The van der Waals surface area contributed by atoms with Gasteiger partial charge in [-0.25, -0.2) is 0 Å². The third-order valence-corrected chi connectivity index (χ3v) is 5.92. The second kappa shape index (κ2) is 10.3. The highest BCUT2D eigenvalue weighted by molar-refractivity contribution is 5.95. The molecule has 8 heteroatoms. The van der Waals surface area contributed by atoms with E-state index >= 15 is 0 Å². The van der Waals surface area contributed by atoms with Gasteiger partial charge >= 0.3 is 6.18 Å². The van der Waals surface area contributed by atoms with Crippen molar-refractivity contribution in [2.75, 3.05) is 26.7 Å². The van der Waals surface area contributed by atoms with Gasteiger partial charge in [0.2, 0.25) is 5.91 Å². The fraction of sp³-hybridized carbons (Fsp3) is 0.440. The van der Waals surface area contributed by atoms with Gasteiger partial charge in [-0.2, -0.15) is 13.2 Å². The van der Waals surface area contributed by atoms with Crippen LogP contribution in [0, 0.1) is 11.8 Å². The molecule has 0 saturated carbocycles. The first kappa shape index (κ1) is 24.6. The quantitative estimate of drug-likeness (QED) is 0.647. The molecule has 1 saturated heterocycles. The molecule has 0 aliphatic carbocycles. The zero-order chi connectivity index (χ0) is 24.2. The molecule has 3 rings (SSSR count). The van der Waals surface area contributed by atoms with Gasteiger partial charge < -0.3 is 15.0 Å². The van der Waals surface area contributed by atoms with E-state index in [4.69, 9.17) is 4.74 Å². The van der Waals surface area contributed by atoms with Crippen LogP contribution in [0.5, 0.6) is 5.75 Å². The summed E-state index contributed by atoms with van der Waals surface area (Å²) in [6.45, 7) is 4.85. The number of carbonyl (C=O) groups is 2. The summed E-state index contributed by atoms with van der Waals surface area (Å²) in [7, 11) is 1.50. The maximum Gasteiger partial charge on any atom is 0.416 e. The monoisotopic (exact) mass is 462 g/mol. The third-order valence-electron chi connectivity index (χ3n) is 5.92. The highest BCUT2D eigenvalue weighted by Crippen LogP contribution is 2.37. The number of ether oxygens (including phenoxy) is 1. The Morgan fingerprint density at radius 1 is 1.12 bits per heavy atom. The number of amides is 2. The van der Waals surface area contributed by atoms with E-state index in [9.17, 15) is 22.8 Å². The second-order valence-corrected chi connectivity index (χ2v) is 8.75. The Balaban J connectivity index is 1.88. The zero-order valence-electron chi connectivity index (χ0n) is 19.0. The summed E-state index contributed by atoms with van der Waals surface area (Å²) in [5.41, 5.74) is 0.0318. The van der Waals surface area contributed by atoms with Crippen LogP contribution in [0.4, 0.5) is 13.2 Å². The molecule has 0 radical (unpaired) electrons. The molecular formula is C25H29F3N2O3. The number of halogens is 3. The van der Waals surface area contributed by atoms with Crippen molar-refractivity contribution in [1.82, 2.24) is 10.2 Å². The standard InChI is InChI=1S/C25H29F3N2O3/c1-16(2)10-11-29-23(31)22-15-30(24(32)18-7-5-9-20(13-18)33-3)14-21(22)17-6-4-8-19(12-17)25(26,27)28/h4-9,12-13,16,21-22H,10-11,14-15H2,1-3H3,(H,29,31)/t21-,22+/m0/s1. The van der Waals surface area contributed by atoms with E-state index in [1.54, 1.807) is 30.3 Å². The molecule has 2 atom stereocenters. The smallest absolute Gasteiger partial charge is 0.416 e. The van der Waals surface area contributed by atoms with Crippen LogP contribution < -0.4 is 10.1 Å². The molecule has 5 nitrogen and oxygen atoms in total. The van der Waals surface area contributed by atoms with E-state index in [-0.39, 0.29) is 24.9 Å². The van der Waals surface area contributed by atoms with Crippen LogP contribution in [0.2, 0.25) is 0 Å². The molecule has 1 heterocycles. The molecular weight excluding hydrogens is 433 g/mol. The molecule has 0 unspecified atom stereocenters. The van der Waals surface area contributed by atoms with Crippen molar-refractivity contribution in [2.24, 2.45) is 11.8 Å². The number of likely N-dealkylation sites (tertiary alicyclic amines) is 1. The lowest BCUT2D eigenvalue weighted by Crippen LogP contribution is -2.36. The Bertz CT molecular complexity index is 991. The second-order valence-electron chi connectivity index (χ2n) is 8.75. The number of hydrogen-bond donors (Lipinski definition) is 1. The van der Waals surface area contributed by atoms with Gasteiger partial charge in [0.05, 0.1) is 18.6 Å². The minimum absolute atomic E-state index is 0.129. The summed E-state index contributed by atoms with van der Waals surface area (Å²) < 4.78 is 45.1. The molecule has 2 aromatic rings. The van der Waals surface area contributed by atoms with Crippen molar-refractivity contribution in [3.63, 3.8) is 0 Å². The van der Waals surface area contributed by atoms with Gasteiger partial charge in [-0.3, -0.25) is 9.59 Å². The van der Waals surface area contributed by atoms with E-state index < -0.39 is 23.6 Å². The van der Waals surface area contributed by atoms with Crippen molar-refractivity contribution in [2.45, 2.75) is 32.4 Å². The summed E-state index contributed by atoms with van der Waals surface area (Å²) in [4.78, 5) is 27.7. The fourth-order valence-electron chi connectivity index (χ4n) is 4.07. The first-order valence-electron chi connectivity index (χ1n) is 11.0. The highest BCUT2D eigenvalue weighted by atomic mass is 19.4. The summed E-state index contributed by atoms with van der Waals surface area (Å²) in [6, 6.07) is 11.7. The zero-order valence-corrected chi connectivity index (χ0v) is 19.0. The molecule has 2 amide bonds. The van der Waals surface area contributed by atoms with Crippen molar-refractivity contribution >= 4 is 11.8 Å². The van der Waals surface area contributed by atoms with E-state index in [1.807, 2.05) is 13.8 Å². The first-order chi connectivity index (χ1) is 15.6. The lowest BCUT2D eigenvalue weighted by molar-refractivity contribution is -0.137. The van der Waals surface area contributed by atoms with Gasteiger partial charge in [0.15, 0.2) is 0 Å². The molecule has 0 aromatic heterocycles. The fourth-order valence-corrected chi connectivity index (χ4v) is 4.07. The predicted molar refractivity (Wildman–Crippen MR) is 119 cm³/mol. The third kappa shape index (κ3) is 6.06. The minimum Gasteiger partial charge on any atom is -0.497 e. The number of alkyl halides is 3. The maximum absolute atomic E-state index is 13.3. The number of nitrogens with one attached hydrogen (secondary N) is 1. The Morgan fingerprint density at radius 3 is 2.52 bits per heavy atom. The molecule has 0 spiro atoms. The SMILES string of the molecule is COc1cccc(C(=O)N2C[C@@H](C(=O)NCCC(C)C)[C@H](c3cccc(C(F)(F)F)c3)C2)c1. The van der Waals surface area contributed by atoms with Gasteiger partial charge in [0.25, 0.3) is 5.91 Å². The normalized spacial score (nSPS) is 18.5. The van der Waals surface area contributed by atoms with Gasteiger partial charge in [-0.15, -0.1) is 0 Å². The van der Waals surface area contributed by atoms with Crippen LogP contribution >= 0.6 is 0 Å². The van der Waals surface area contributed by atoms with E-state index in [2.05, 4.69) is 5.32 Å². The average molecular weight is 463 g/mol. The Morgan fingerprint density at radius 2 is 1.85 bits per heavy atom. The van der Waals surface area contributed by atoms with Crippen LogP contribution in [0.1, 0.15) is 47.7 Å². The molecule has 1 fully saturated rings. The Labute approximate surface area is 191 Å². The molecule has 1 aliphatic rings. The molecule has 0 bridgehead atoms. The van der Waals surface area contributed by atoms with Crippen molar-refractivity contribution in [1.29, 1.82) is 0 Å². The maximum atomic E-state index is 13.3. The van der Waals surface area contributed by atoms with Gasteiger partial charge in [-0.05, 0) is 42.2 Å². The molecule has 1 aliphatic heterocycles. The Hall–Kier alpha value is -3.03. The number of rotatable bonds is 7. The number of benzene rings is 2. The van der Waals surface area contributed by atoms with Gasteiger partial charge in [0.1, 0.15) is 5.75 Å². The van der Waals surface area contributed by atoms with Gasteiger partial charge in [-0.1, -0.05) is 38.1 Å². The lowest BCUT2D eigenvalue weighted by atomic mass is 9.87. The Kier molecular flexibility index (Phi) is 7.66. The summed E-state index contributed by atoms with van der Waals surface area (Å²) in [5, 5.41) is 2.90. The summed E-state index contributed by atoms with van der Waals surface area (Å²) in [6.07, 6.45) is -3.70. The van der Waals surface area contributed by atoms with Crippen LogP contribution in [0.3, 0.4) is 0 Å². The number of methoxy groups -OCH3 is 1. The number of nitrogens with zero attached hydrogens (tertiary/aromatic N) is 1. The molecule has 2 aromatic carbocycles. The van der Waals surface area contributed by atoms with Crippen molar-refractivity contribution in [3.8, 4) is 5.75 Å². The largest absolute Gasteiger partial charge is 0.497 e. The first-order valence-corrected chi connectivity index (χ1v) is 11.0. The minimum atomic E-state index is -4.49. The summed E-state index contributed by atoms with van der Waals surface area (Å²) in [5.74, 6) is -0.796. The van der Waals surface area contributed by atoms with Crippen molar-refractivity contribution < 1.29 is 27.5 Å². The van der Waals surface area contributed by atoms with E-state index in [1.165, 1.54) is 18.1 Å². The summed E-state index contributed by atoms with van der Waals surface area (Å²) >= 11 is 0. The van der Waals surface area contributed by atoms with Crippen LogP contribution in [0.25, 0.3) is 0 Å². The predicted octanol–water partition coefficient (Wildman–Crippen LogP) is 4.73. The highest BCUT2D eigenvalue weighted by Gasteiger charge is 2.41. The van der Waals surface area contributed by atoms with Crippen LogP contribution in [0.15, 0.2) is 48.5 Å². The molecule has 1 N–H and O–H groups in total. The van der Waals surface area contributed by atoms with E-state index in [0.717, 1.165) is 18.6 Å². The molecule has 33 heavy (non-hydrogen) atoms. The van der Waals surface area contributed by atoms with Crippen LogP contribution in [-0.4, -0.2) is 43.5 Å². The average Bonchev–Trinajstić information content (AvgIpc) is 3.23.